The summed E-state index contributed by atoms with van der Waals surface area (Å²) in [6.45, 7) is 5.46. The van der Waals surface area contributed by atoms with Crippen molar-refractivity contribution in [3.63, 3.8) is 0 Å². The molecular weight excluding hydrogens is 190 g/mol. The number of furan rings is 1. The fraction of sp³-hybridized carbons (Fsp3) is 0.417. The second-order valence-corrected chi connectivity index (χ2v) is 3.61. The summed E-state index contributed by atoms with van der Waals surface area (Å²) in [5.74, 6) is 3.75. The molecule has 3 heteroatoms. The van der Waals surface area contributed by atoms with Gasteiger partial charge in [-0.1, -0.05) is 0 Å². The Hall–Kier alpha value is -1.69. The fourth-order valence-corrected chi connectivity index (χ4v) is 1.39. The van der Waals surface area contributed by atoms with E-state index in [1.54, 1.807) is 13.0 Å². The average Bonchev–Trinajstić information content (AvgIpc) is 2.45. The molecule has 0 saturated carbocycles. The van der Waals surface area contributed by atoms with Crippen molar-refractivity contribution >= 4 is 5.91 Å². The lowest BCUT2D eigenvalue weighted by Crippen LogP contribution is -2.32. The molecule has 0 spiro atoms. The number of hydrogen-bond donors (Lipinski definition) is 1. The number of rotatable bonds is 3. The van der Waals surface area contributed by atoms with Gasteiger partial charge in [0, 0.05) is 12.5 Å². The Labute approximate surface area is 89.9 Å². The third-order valence-corrected chi connectivity index (χ3v) is 2.09. The normalized spacial score (nSPS) is 11.9. The highest BCUT2D eigenvalue weighted by Crippen LogP contribution is 2.13. The van der Waals surface area contributed by atoms with Gasteiger partial charge in [-0.3, -0.25) is 4.79 Å². The zero-order valence-corrected chi connectivity index (χ0v) is 9.26. The second kappa shape index (κ2) is 4.70. The number of terminal acetylenes is 1. The molecule has 0 aliphatic carbocycles. The first kappa shape index (κ1) is 11.4. The molecule has 0 fully saturated rings. The van der Waals surface area contributed by atoms with Gasteiger partial charge < -0.3 is 9.73 Å². The predicted octanol–water partition coefficient (Wildman–Crippen LogP) is 2.04. The van der Waals surface area contributed by atoms with Crippen LogP contribution in [0.15, 0.2) is 10.5 Å². The molecule has 1 atom stereocenters. The third kappa shape index (κ3) is 2.88. The van der Waals surface area contributed by atoms with Crippen molar-refractivity contribution in [3.05, 3.63) is 23.2 Å². The molecule has 1 unspecified atom stereocenters. The predicted molar refractivity (Wildman–Crippen MR) is 58.6 cm³/mol. The molecule has 1 aromatic rings. The zero-order valence-electron chi connectivity index (χ0n) is 9.26. The standard InChI is InChI=1S/C12H15NO2/c1-5-6-8(2)13-12(14)11-7-9(3)15-10(11)4/h1,7-8H,6H2,2-4H3,(H,13,14). The lowest BCUT2D eigenvalue weighted by molar-refractivity contribution is 0.0939. The van der Waals surface area contributed by atoms with E-state index < -0.39 is 0 Å². The summed E-state index contributed by atoms with van der Waals surface area (Å²) in [6.07, 6.45) is 5.69. The van der Waals surface area contributed by atoms with Gasteiger partial charge in [-0.15, -0.1) is 12.3 Å². The van der Waals surface area contributed by atoms with Gasteiger partial charge in [-0.2, -0.15) is 0 Å². The molecule has 0 bridgehead atoms. The van der Waals surface area contributed by atoms with Crippen LogP contribution in [0.3, 0.4) is 0 Å². The van der Waals surface area contributed by atoms with Crippen molar-refractivity contribution in [2.24, 2.45) is 0 Å². The van der Waals surface area contributed by atoms with Crippen LogP contribution in [-0.2, 0) is 0 Å². The van der Waals surface area contributed by atoms with Gasteiger partial charge >= 0.3 is 0 Å². The molecule has 1 amide bonds. The first-order valence-electron chi connectivity index (χ1n) is 4.86. The lowest BCUT2D eigenvalue weighted by atomic mass is 10.2. The zero-order chi connectivity index (χ0) is 11.4. The van der Waals surface area contributed by atoms with Crippen molar-refractivity contribution in [2.75, 3.05) is 0 Å². The van der Waals surface area contributed by atoms with Gasteiger partial charge in [0.25, 0.3) is 5.91 Å². The van der Waals surface area contributed by atoms with E-state index in [4.69, 9.17) is 10.8 Å². The highest BCUT2D eigenvalue weighted by molar-refractivity contribution is 5.95. The Balaban J connectivity index is 2.70. The minimum absolute atomic E-state index is 0.0166. The SMILES string of the molecule is C#CCC(C)NC(=O)c1cc(C)oc1C. The highest BCUT2D eigenvalue weighted by atomic mass is 16.3. The maximum absolute atomic E-state index is 11.7. The number of hydrogen-bond acceptors (Lipinski definition) is 2. The van der Waals surface area contributed by atoms with Gasteiger partial charge in [-0.25, -0.2) is 0 Å². The molecule has 3 nitrogen and oxygen atoms in total. The molecule has 1 heterocycles. The summed E-state index contributed by atoms with van der Waals surface area (Å²) in [5.41, 5.74) is 0.580. The molecule has 1 aromatic heterocycles. The Morgan fingerprint density at radius 2 is 2.33 bits per heavy atom. The third-order valence-electron chi connectivity index (χ3n) is 2.09. The second-order valence-electron chi connectivity index (χ2n) is 3.61. The molecular formula is C12H15NO2. The molecule has 0 aromatic carbocycles. The molecule has 0 aliphatic heterocycles. The van der Waals surface area contributed by atoms with Crippen LogP contribution in [0, 0.1) is 26.2 Å². The Bertz CT molecular complexity index is 398. The molecule has 0 radical (unpaired) electrons. The maximum atomic E-state index is 11.7. The largest absolute Gasteiger partial charge is 0.466 e. The minimum atomic E-state index is -0.132. The van der Waals surface area contributed by atoms with Gasteiger partial charge in [0.15, 0.2) is 0 Å². The number of carbonyl (C=O) groups excluding carboxylic acids is 1. The van der Waals surface area contributed by atoms with Crippen LogP contribution in [0.5, 0.6) is 0 Å². The van der Waals surface area contributed by atoms with Gasteiger partial charge in [0.2, 0.25) is 0 Å². The quantitative estimate of drug-likeness (QED) is 0.767. The van der Waals surface area contributed by atoms with Crippen LogP contribution >= 0.6 is 0 Å². The fourth-order valence-electron chi connectivity index (χ4n) is 1.39. The average molecular weight is 205 g/mol. The Morgan fingerprint density at radius 3 is 2.80 bits per heavy atom. The summed E-state index contributed by atoms with van der Waals surface area (Å²) < 4.78 is 5.28. The summed E-state index contributed by atoms with van der Waals surface area (Å²) >= 11 is 0. The number of amides is 1. The van der Waals surface area contributed by atoms with Crippen molar-refractivity contribution in [1.82, 2.24) is 5.32 Å². The van der Waals surface area contributed by atoms with E-state index in [-0.39, 0.29) is 11.9 Å². The summed E-state index contributed by atoms with van der Waals surface area (Å²) in [6, 6.07) is 1.71. The molecule has 0 aliphatic rings. The van der Waals surface area contributed by atoms with Gasteiger partial charge in [0.05, 0.1) is 5.56 Å². The Morgan fingerprint density at radius 1 is 1.67 bits per heavy atom. The molecule has 1 rings (SSSR count). The highest BCUT2D eigenvalue weighted by Gasteiger charge is 2.14. The smallest absolute Gasteiger partial charge is 0.255 e. The molecule has 1 N–H and O–H groups in total. The van der Waals surface area contributed by atoms with Crippen LogP contribution < -0.4 is 5.32 Å². The molecule has 80 valence electrons. The minimum Gasteiger partial charge on any atom is -0.466 e. The van der Waals surface area contributed by atoms with Crippen LogP contribution in [0.1, 0.15) is 35.2 Å². The van der Waals surface area contributed by atoms with Crippen LogP contribution in [0.2, 0.25) is 0 Å². The van der Waals surface area contributed by atoms with Crippen molar-refractivity contribution in [2.45, 2.75) is 33.2 Å². The first-order valence-corrected chi connectivity index (χ1v) is 4.86. The van der Waals surface area contributed by atoms with E-state index in [1.807, 2.05) is 13.8 Å². The van der Waals surface area contributed by atoms with Crippen molar-refractivity contribution in [1.29, 1.82) is 0 Å². The van der Waals surface area contributed by atoms with Crippen molar-refractivity contribution in [3.8, 4) is 12.3 Å². The Kier molecular flexibility index (Phi) is 3.56. The lowest BCUT2D eigenvalue weighted by Gasteiger charge is -2.09. The number of nitrogens with one attached hydrogen (secondary N) is 1. The van der Waals surface area contributed by atoms with Crippen LogP contribution in [-0.4, -0.2) is 11.9 Å². The van der Waals surface area contributed by atoms with Gasteiger partial charge in [-0.05, 0) is 26.8 Å². The van der Waals surface area contributed by atoms with E-state index in [1.165, 1.54) is 0 Å². The number of carbonyl (C=O) groups is 1. The molecule has 0 saturated heterocycles. The van der Waals surface area contributed by atoms with E-state index in [0.717, 1.165) is 5.76 Å². The van der Waals surface area contributed by atoms with Gasteiger partial charge in [0.1, 0.15) is 11.5 Å². The van der Waals surface area contributed by atoms with E-state index >= 15 is 0 Å². The van der Waals surface area contributed by atoms with Crippen LogP contribution in [0.4, 0.5) is 0 Å². The first-order chi connectivity index (χ1) is 7.04. The topological polar surface area (TPSA) is 42.2 Å². The monoisotopic (exact) mass is 205 g/mol. The molecule has 15 heavy (non-hydrogen) atoms. The summed E-state index contributed by atoms with van der Waals surface area (Å²) in [4.78, 5) is 11.7. The maximum Gasteiger partial charge on any atom is 0.255 e. The van der Waals surface area contributed by atoms with E-state index in [2.05, 4.69) is 11.2 Å². The van der Waals surface area contributed by atoms with E-state index in [0.29, 0.717) is 17.7 Å². The van der Waals surface area contributed by atoms with Crippen molar-refractivity contribution < 1.29 is 9.21 Å². The number of aryl methyl sites for hydroxylation is 2. The summed E-state index contributed by atoms with van der Waals surface area (Å²) in [7, 11) is 0. The summed E-state index contributed by atoms with van der Waals surface area (Å²) in [5, 5.41) is 2.81. The van der Waals surface area contributed by atoms with Crippen LogP contribution in [0.25, 0.3) is 0 Å². The van der Waals surface area contributed by atoms with E-state index in [9.17, 15) is 4.79 Å².